The second-order valence-corrected chi connectivity index (χ2v) is 4.55. The van der Waals surface area contributed by atoms with Gasteiger partial charge < -0.3 is 10.1 Å². The molecule has 1 N–H and O–H groups in total. The van der Waals surface area contributed by atoms with Gasteiger partial charge in [-0.3, -0.25) is 0 Å². The molecule has 5 nitrogen and oxygen atoms in total. The molecule has 112 valence electrons. The summed E-state index contributed by atoms with van der Waals surface area (Å²) in [6.07, 6.45) is 1.81. The van der Waals surface area contributed by atoms with Gasteiger partial charge in [-0.2, -0.15) is 15.0 Å². The Bertz CT molecular complexity index is 565. The van der Waals surface area contributed by atoms with E-state index < -0.39 is 0 Å². The largest absolute Gasteiger partial charge is 0.463 e. The molecule has 0 fully saturated rings. The highest BCUT2D eigenvalue weighted by Gasteiger charge is 2.10. The predicted octanol–water partition coefficient (Wildman–Crippen LogP) is 3.29. The van der Waals surface area contributed by atoms with E-state index in [0.717, 1.165) is 19.4 Å². The first-order valence-corrected chi connectivity index (χ1v) is 7.11. The van der Waals surface area contributed by atoms with Crippen LogP contribution in [-0.2, 0) is 0 Å². The van der Waals surface area contributed by atoms with Crippen molar-refractivity contribution in [1.29, 1.82) is 0 Å². The van der Waals surface area contributed by atoms with Crippen LogP contribution in [0.4, 0.5) is 10.3 Å². The Hall–Kier alpha value is -2.24. The van der Waals surface area contributed by atoms with E-state index in [1.807, 2.05) is 6.92 Å². The first kappa shape index (κ1) is 15.2. The van der Waals surface area contributed by atoms with Crippen LogP contribution < -0.4 is 10.1 Å². The first-order valence-electron chi connectivity index (χ1n) is 7.11. The van der Waals surface area contributed by atoms with Gasteiger partial charge in [0.05, 0.1) is 6.61 Å². The molecule has 2 aromatic rings. The number of nitrogens with zero attached hydrogens (tertiary/aromatic N) is 3. The zero-order valence-corrected chi connectivity index (χ0v) is 12.3. The predicted molar refractivity (Wildman–Crippen MR) is 79.8 cm³/mol. The van der Waals surface area contributed by atoms with Crippen LogP contribution >= 0.6 is 0 Å². The number of ether oxygens (including phenoxy) is 1. The topological polar surface area (TPSA) is 59.9 Å². The van der Waals surface area contributed by atoms with Crippen LogP contribution in [0.15, 0.2) is 24.3 Å². The summed E-state index contributed by atoms with van der Waals surface area (Å²) in [6, 6.07) is 6.41. The molecule has 1 aromatic heterocycles. The highest BCUT2D eigenvalue weighted by atomic mass is 19.1. The summed E-state index contributed by atoms with van der Waals surface area (Å²) < 4.78 is 18.8. The number of hydrogen-bond donors (Lipinski definition) is 1. The van der Waals surface area contributed by atoms with Gasteiger partial charge in [0, 0.05) is 12.1 Å². The van der Waals surface area contributed by atoms with Gasteiger partial charge in [-0.05, 0) is 25.0 Å². The van der Waals surface area contributed by atoms with E-state index in [4.69, 9.17) is 4.74 Å². The molecule has 0 bridgehead atoms. The normalized spacial score (nSPS) is 10.4. The van der Waals surface area contributed by atoms with Gasteiger partial charge in [0.15, 0.2) is 5.82 Å². The first-order chi connectivity index (χ1) is 10.2. The zero-order chi connectivity index (χ0) is 15.1. The summed E-state index contributed by atoms with van der Waals surface area (Å²) in [4.78, 5) is 12.8. The van der Waals surface area contributed by atoms with Crippen molar-refractivity contribution in [3.8, 4) is 17.4 Å². The minimum atomic E-state index is -0.327. The fourth-order valence-electron chi connectivity index (χ4n) is 1.69. The maximum Gasteiger partial charge on any atom is 0.321 e. The number of aromatic nitrogens is 3. The van der Waals surface area contributed by atoms with Gasteiger partial charge in [-0.15, -0.1) is 0 Å². The molecule has 0 aliphatic rings. The highest BCUT2D eigenvalue weighted by Crippen LogP contribution is 2.19. The summed E-state index contributed by atoms with van der Waals surface area (Å²) in [7, 11) is 0. The van der Waals surface area contributed by atoms with Crippen LogP contribution in [-0.4, -0.2) is 28.1 Å². The molecule has 1 heterocycles. The number of benzene rings is 1. The van der Waals surface area contributed by atoms with Crippen molar-refractivity contribution < 1.29 is 9.13 Å². The maximum absolute atomic E-state index is 13.3. The fourth-order valence-corrected chi connectivity index (χ4v) is 1.69. The Morgan fingerprint density at radius 1 is 1.14 bits per heavy atom. The minimum absolute atomic E-state index is 0.254. The zero-order valence-electron chi connectivity index (χ0n) is 12.3. The van der Waals surface area contributed by atoms with Gasteiger partial charge in [0.25, 0.3) is 0 Å². The van der Waals surface area contributed by atoms with E-state index in [9.17, 15) is 4.39 Å². The molecule has 0 saturated carbocycles. The van der Waals surface area contributed by atoms with Gasteiger partial charge >= 0.3 is 6.01 Å². The molecule has 2 rings (SSSR count). The van der Waals surface area contributed by atoms with E-state index in [0.29, 0.717) is 23.9 Å². The Labute approximate surface area is 123 Å². The van der Waals surface area contributed by atoms with Gasteiger partial charge in [0.2, 0.25) is 5.95 Å². The lowest BCUT2D eigenvalue weighted by Gasteiger charge is -2.09. The monoisotopic (exact) mass is 290 g/mol. The lowest BCUT2D eigenvalue weighted by molar-refractivity contribution is 0.292. The second kappa shape index (κ2) is 7.52. The Balaban J connectivity index is 2.33. The third-order valence-electron chi connectivity index (χ3n) is 2.67. The van der Waals surface area contributed by atoms with Gasteiger partial charge in [-0.25, -0.2) is 4.39 Å². The smallest absolute Gasteiger partial charge is 0.321 e. The standard InChI is InChI=1S/C15H19FN4O/c1-3-8-17-14-18-13(11-6-5-7-12(16)10-11)19-15(20-14)21-9-4-2/h5-7,10H,3-4,8-9H2,1-2H3,(H,17,18,19,20). The van der Waals surface area contributed by atoms with Crippen molar-refractivity contribution in [2.45, 2.75) is 26.7 Å². The van der Waals surface area contributed by atoms with Crippen LogP contribution in [0.5, 0.6) is 6.01 Å². The molecule has 0 radical (unpaired) electrons. The minimum Gasteiger partial charge on any atom is -0.463 e. The highest BCUT2D eigenvalue weighted by molar-refractivity contribution is 5.56. The lowest BCUT2D eigenvalue weighted by Crippen LogP contribution is -2.09. The lowest BCUT2D eigenvalue weighted by atomic mass is 10.2. The van der Waals surface area contributed by atoms with Crippen molar-refractivity contribution in [2.24, 2.45) is 0 Å². The summed E-state index contributed by atoms with van der Waals surface area (Å²) in [6.45, 7) is 5.33. The summed E-state index contributed by atoms with van der Waals surface area (Å²) in [5.41, 5.74) is 0.596. The number of hydrogen-bond acceptors (Lipinski definition) is 5. The summed E-state index contributed by atoms with van der Waals surface area (Å²) in [5.74, 6) is 0.512. The molecule has 21 heavy (non-hydrogen) atoms. The van der Waals surface area contributed by atoms with Crippen LogP contribution in [0.2, 0.25) is 0 Å². The quantitative estimate of drug-likeness (QED) is 0.848. The Kier molecular flexibility index (Phi) is 5.43. The van der Waals surface area contributed by atoms with Crippen molar-refractivity contribution in [2.75, 3.05) is 18.5 Å². The van der Waals surface area contributed by atoms with Gasteiger partial charge in [-0.1, -0.05) is 26.0 Å². The SMILES string of the molecule is CCCNc1nc(OCCC)nc(-c2cccc(F)c2)n1. The number of rotatable bonds is 7. The molecule has 0 spiro atoms. The van der Waals surface area contributed by atoms with Crippen molar-refractivity contribution in [3.63, 3.8) is 0 Å². The fraction of sp³-hybridized carbons (Fsp3) is 0.400. The Morgan fingerprint density at radius 2 is 2.00 bits per heavy atom. The van der Waals surface area contributed by atoms with E-state index >= 15 is 0 Å². The molecule has 6 heteroatoms. The van der Waals surface area contributed by atoms with Crippen LogP contribution in [0.1, 0.15) is 26.7 Å². The van der Waals surface area contributed by atoms with Crippen molar-refractivity contribution in [3.05, 3.63) is 30.1 Å². The van der Waals surface area contributed by atoms with Crippen molar-refractivity contribution >= 4 is 5.95 Å². The van der Waals surface area contributed by atoms with E-state index in [1.54, 1.807) is 12.1 Å². The molecule has 0 aliphatic carbocycles. The molecule has 0 saturated heterocycles. The summed E-state index contributed by atoms with van der Waals surface area (Å²) >= 11 is 0. The van der Waals surface area contributed by atoms with Crippen LogP contribution in [0.3, 0.4) is 0 Å². The second-order valence-electron chi connectivity index (χ2n) is 4.55. The maximum atomic E-state index is 13.3. The van der Waals surface area contributed by atoms with E-state index in [1.165, 1.54) is 12.1 Å². The molecule has 1 aromatic carbocycles. The van der Waals surface area contributed by atoms with E-state index in [2.05, 4.69) is 27.2 Å². The molecule has 0 aliphatic heterocycles. The number of nitrogens with one attached hydrogen (secondary N) is 1. The number of halogens is 1. The molecule has 0 amide bonds. The van der Waals surface area contributed by atoms with Crippen LogP contribution in [0, 0.1) is 5.82 Å². The third kappa shape index (κ3) is 4.37. The third-order valence-corrected chi connectivity index (χ3v) is 2.67. The van der Waals surface area contributed by atoms with Crippen molar-refractivity contribution in [1.82, 2.24) is 15.0 Å². The average Bonchev–Trinajstić information content (AvgIpc) is 2.50. The molecular weight excluding hydrogens is 271 g/mol. The summed E-state index contributed by atoms with van der Waals surface area (Å²) in [5, 5.41) is 3.10. The van der Waals surface area contributed by atoms with Gasteiger partial charge in [0.1, 0.15) is 5.82 Å². The Morgan fingerprint density at radius 3 is 2.71 bits per heavy atom. The molecule has 0 atom stereocenters. The average molecular weight is 290 g/mol. The van der Waals surface area contributed by atoms with Crippen LogP contribution in [0.25, 0.3) is 11.4 Å². The van der Waals surface area contributed by atoms with E-state index in [-0.39, 0.29) is 11.8 Å². The number of anilines is 1. The molecule has 0 unspecified atom stereocenters. The molecular formula is C15H19FN4O.